The Morgan fingerprint density at radius 2 is 2.17 bits per heavy atom. The monoisotopic (exact) mass is 250 g/mol. The summed E-state index contributed by atoms with van der Waals surface area (Å²) in [7, 11) is 1.98. The number of hydrogen-bond acceptors (Lipinski definition) is 3. The van der Waals surface area contributed by atoms with Crippen LogP contribution in [0.2, 0.25) is 0 Å². The Hall–Kier alpha value is -0.870. The normalized spacial score (nSPS) is 20.2. The van der Waals surface area contributed by atoms with Crippen LogP contribution in [0.1, 0.15) is 38.3 Å². The molecule has 2 rings (SSSR count). The van der Waals surface area contributed by atoms with E-state index in [1.54, 1.807) is 0 Å². The first-order valence-corrected chi connectivity index (χ1v) is 7.14. The average molecular weight is 250 g/mol. The minimum atomic E-state index is 0.499. The van der Waals surface area contributed by atoms with Gasteiger partial charge in [0.15, 0.2) is 0 Å². The van der Waals surface area contributed by atoms with Gasteiger partial charge in [0, 0.05) is 24.8 Å². The van der Waals surface area contributed by atoms with Gasteiger partial charge in [0.1, 0.15) is 0 Å². The van der Waals surface area contributed by atoms with E-state index in [9.17, 15) is 0 Å². The molecule has 0 bridgehead atoms. The summed E-state index contributed by atoms with van der Waals surface area (Å²) in [5.74, 6) is 0.863. The summed E-state index contributed by atoms with van der Waals surface area (Å²) in [4.78, 5) is 2.58. The zero-order chi connectivity index (χ0) is 13.0. The third kappa shape index (κ3) is 3.33. The van der Waals surface area contributed by atoms with Crippen molar-refractivity contribution < 1.29 is 0 Å². The van der Waals surface area contributed by atoms with Crippen LogP contribution in [0.4, 0.5) is 0 Å². The van der Waals surface area contributed by atoms with Crippen LogP contribution in [0.15, 0.2) is 12.4 Å². The van der Waals surface area contributed by atoms with Gasteiger partial charge in [-0.2, -0.15) is 5.10 Å². The molecule has 4 nitrogen and oxygen atoms in total. The van der Waals surface area contributed by atoms with Crippen molar-refractivity contribution in [2.45, 2.75) is 32.7 Å². The second-order valence-electron chi connectivity index (χ2n) is 5.41. The molecule has 102 valence electrons. The second kappa shape index (κ2) is 6.34. The average Bonchev–Trinajstić information content (AvgIpc) is 2.83. The highest BCUT2D eigenvalue weighted by molar-refractivity contribution is 5.09. The minimum absolute atomic E-state index is 0.499. The molecular weight excluding hydrogens is 224 g/mol. The fraction of sp³-hybridized carbons (Fsp3) is 0.786. The highest BCUT2D eigenvalue weighted by atomic mass is 15.2. The van der Waals surface area contributed by atoms with Crippen LogP contribution in [0.25, 0.3) is 0 Å². The second-order valence-corrected chi connectivity index (χ2v) is 5.41. The summed E-state index contributed by atoms with van der Waals surface area (Å²) in [5.41, 5.74) is 1.34. The standard InChI is InChI=1S/C14H26N4/c1-4-15-9-13-5-7-18(8-6-13)12(2)14-10-16-17(3)11-14/h10-13,15H,4-9H2,1-3H3. The molecule has 1 aliphatic heterocycles. The lowest BCUT2D eigenvalue weighted by atomic mass is 9.95. The van der Waals surface area contributed by atoms with Gasteiger partial charge in [-0.25, -0.2) is 0 Å². The van der Waals surface area contributed by atoms with Crippen LogP contribution in [0.5, 0.6) is 0 Å². The van der Waals surface area contributed by atoms with E-state index >= 15 is 0 Å². The lowest BCUT2D eigenvalue weighted by Gasteiger charge is -2.35. The third-order valence-corrected chi connectivity index (χ3v) is 4.09. The number of hydrogen-bond donors (Lipinski definition) is 1. The molecule has 4 heteroatoms. The Kier molecular flexibility index (Phi) is 4.78. The summed E-state index contributed by atoms with van der Waals surface area (Å²) < 4.78 is 1.89. The van der Waals surface area contributed by atoms with Gasteiger partial charge in [0.05, 0.1) is 6.20 Å². The SMILES string of the molecule is CCNCC1CCN(C(C)c2cnn(C)c2)CC1. The largest absolute Gasteiger partial charge is 0.317 e. The van der Waals surface area contributed by atoms with Crippen LogP contribution in [0, 0.1) is 5.92 Å². The van der Waals surface area contributed by atoms with Gasteiger partial charge < -0.3 is 5.32 Å². The molecule has 0 saturated carbocycles. The van der Waals surface area contributed by atoms with Crippen molar-refractivity contribution in [1.29, 1.82) is 0 Å². The van der Waals surface area contributed by atoms with E-state index in [1.807, 2.05) is 17.9 Å². The fourth-order valence-electron chi connectivity index (χ4n) is 2.76. The van der Waals surface area contributed by atoms with Gasteiger partial charge in [-0.05, 0) is 51.9 Å². The fourth-order valence-corrected chi connectivity index (χ4v) is 2.76. The van der Waals surface area contributed by atoms with Gasteiger partial charge in [0.25, 0.3) is 0 Å². The predicted octanol–water partition coefficient (Wildman–Crippen LogP) is 1.80. The number of aromatic nitrogens is 2. The van der Waals surface area contributed by atoms with E-state index in [0.717, 1.165) is 12.5 Å². The van der Waals surface area contributed by atoms with Crippen molar-refractivity contribution in [2.75, 3.05) is 26.2 Å². The van der Waals surface area contributed by atoms with Gasteiger partial charge in [-0.1, -0.05) is 6.92 Å². The Labute approximate surface area is 110 Å². The number of nitrogens with one attached hydrogen (secondary N) is 1. The maximum absolute atomic E-state index is 4.27. The molecule has 1 aliphatic rings. The molecule has 1 fully saturated rings. The predicted molar refractivity (Wildman–Crippen MR) is 74.5 cm³/mol. The molecule has 1 N–H and O–H groups in total. The third-order valence-electron chi connectivity index (χ3n) is 4.09. The Bertz CT molecular complexity index is 352. The first-order valence-electron chi connectivity index (χ1n) is 7.14. The summed E-state index contributed by atoms with van der Waals surface area (Å²) in [6.45, 7) is 9.18. The molecule has 0 aliphatic carbocycles. The van der Waals surface area contributed by atoms with Crippen molar-refractivity contribution in [3.63, 3.8) is 0 Å². The van der Waals surface area contributed by atoms with Crippen LogP contribution in [0.3, 0.4) is 0 Å². The molecule has 2 heterocycles. The summed E-state index contributed by atoms with van der Waals surface area (Å²) >= 11 is 0. The van der Waals surface area contributed by atoms with Gasteiger partial charge in [0.2, 0.25) is 0 Å². The zero-order valence-electron chi connectivity index (χ0n) is 11.9. The first kappa shape index (κ1) is 13.6. The maximum atomic E-state index is 4.27. The van der Waals surface area contributed by atoms with E-state index in [1.165, 1.54) is 38.0 Å². The van der Waals surface area contributed by atoms with Gasteiger partial charge >= 0.3 is 0 Å². The summed E-state index contributed by atoms with van der Waals surface area (Å²) in [6.07, 6.45) is 6.76. The highest BCUT2D eigenvalue weighted by Gasteiger charge is 2.23. The first-order chi connectivity index (χ1) is 8.70. The number of aryl methyl sites for hydroxylation is 1. The molecular formula is C14H26N4. The Balaban J connectivity index is 1.82. The Morgan fingerprint density at radius 1 is 1.44 bits per heavy atom. The van der Waals surface area contributed by atoms with Crippen molar-refractivity contribution in [1.82, 2.24) is 20.0 Å². The minimum Gasteiger partial charge on any atom is -0.317 e. The number of nitrogens with zero attached hydrogens (tertiary/aromatic N) is 3. The number of rotatable bonds is 5. The van der Waals surface area contributed by atoms with Crippen molar-refractivity contribution in [3.05, 3.63) is 18.0 Å². The molecule has 0 spiro atoms. The van der Waals surface area contributed by atoms with Gasteiger partial charge in [-0.15, -0.1) is 0 Å². The van der Waals surface area contributed by atoms with Crippen LogP contribution in [-0.4, -0.2) is 40.9 Å². The molecule has 1 atom stereocenters. The van der Waals surface area contributed by atoms with Gasteiger partial charge in [-0.3, -0.25) is 9.58 Å². The molecule has 1 saturated heterocycles. The molecule has 0 radical (unpaired) electrons. The van der Waals surface area contributed by atoms with Crippen molar-refractivity contribution in [3.8, 4) is 0 Å². The lowest BCUT2D eigenvalue weighted by Crippen LogP contribution is -2.38. The summed E-state index contributed by atoms with van der Waals surface area (Å²) in [5, 5.41) is 7.73. The van der Waals surface area contributed by atoms with Crippen molar-refractivity contribution >= 4 is 0 Å². The topological polar surface area (TPSA) is 33.1 Å². The van der Waals surface area contributed by atoms with E-state index in [0.29, 0.717) is 6.04 Å². The molecule has 0 aromatic carbocycles. The summed E-state index contributed by atoms with van der Waals surface area (Å²) in [6, 6.07) is 0.499. The molecule has 0 amide bonds. The van der Waals surface area contributed by atoms with Crippen molar-refractivity contribution in [2.24, 2.45) is 13.0 Å². The smallest absolute Gasteiger partial charge is 0.0537 e. The molecule has 1 aromatic rings. The maximum Gasteiger partial charge on any atom is 0.0537 e. The van der Waals surface area contributed by atoms with Crippen LogP contribution in [-0.2, 0) is 7.05 Å². The molecule has 1 aromatic heterocycles. The van der Waals surface area contributed by atoms with E-state index in [4.69, 9.17) is 0 Å². The van der Waals surface area contributed by atoms with Crippen LogP contribution < -0.4 is 5.32 Å². The lowest BCUT2D eigenvalue weighted by molar-refractivity contribution is 0.140. The van der Waals surface area contributed by atoms with E-state index in [-0.39, 0.29) is 0 Å². The molecule has 1 unspecified atom stereocenters. The van der Waals surface area contributed by atoms with Crippen LogP contribution >= 0.6 is 0 Å². The molecule has 18 heavy (non-hydrogen) atoms. The number of piperidine rings is 1. The van der Waals surface area contributed by atoms with E-state index in [2.05, 4.69) is 35.4 Å². The quantitative estimate of drug-likeness (QED) is 0.865. The highest BCUT2D eigenvalue weighted by Crippen LogP contribution is 2.25. The zero-order valence-corrected chi connectivity index (χ0v) is 11.9. The number of likely N-dealkylation sites (tertiary alicyclic amines) is 1. The van der Waals surface area contributed by atoms with E-state index < -0.39 is 0 Å². The Morgan fingerprint density at radius 3 is 2.72 bits per heavy atom.